The molecule has 0 spiro atoms. The fraction of sp³-hybridized carbons (Fsp3) is 0.467. The molecular weight excluding hydrogens is 208 g/mol. The Morgan fingerprint density at radius 2 is 2.00 bits per heavy atom. The number of nitrogens with zero attached hydrogens (tertiary/aromatic N) is 1. The number of rotatable bonds is 5. The molecule has 0 amide bonds. The van der Waals surface area contributed by atoms with Gasteiger partial charge in [0.2, 0.25) is 0 Å². The molecule has 0 aliphatic heterocycles. The van der Waals surface area contributed by atoms with Gasteiger partial charge in [0, 0.05) is 23.6 Å². The minimum atomic E-state index is 1.10. The van der Waals surface area contributed by atoms with Crippen molar-refractivity contribution >= 4 is 10.9 Å². The van der Waals surface area contributed by atoms with E-state index >= 15 is 0 Å². The topological polar surface area (TPSA) is 19.0 Å². The van der Waals surface area contributed by atoms with Crippen LogP contribution in [-0.4, -0.2) is 30.5 Å². The Balaban J connectivity index is 2.26. The fourth-order valence-electron chi connectivity index (χ4n) is 2.22. The second-order valence-electron chi connectivity index (χ2n) is 5.00. The highest BCUT2D eigenvalue weighted by atomic mass is 15.0. The van der Waals surface area contributed by atoms with Gasteiger partial charge in [0.1, 0.15) is 0 Å². The Labute approximate surface area is 104 Å². The van der Waals surface area contributed by atoms with Gasteiger partial charge in [-0.05, 0) is 50.2 Å². The first-order valence-electron chi connectivity index (χ1n) is 6.44. The van der Waals surface area contributed by atoms with Crippen molar-refractivity contribution in [2.45, 2.75) is 26.2 Å². The third-order valence-corrected chi connectivity index (χ3v) is 3.20. The summed E-state index contributed by atoms with van der Waals surface area (Å²) in [7, 11) is 4.24. The largest absolute Gasteiger partial charge is 0.361 e. The molecule has 0 unspecified atom stereocenters. The zero-order valence-corrected chi connectivity index (χ0v) is 11.1. The second-order valence-corrected chi connectivity index (χ2v) is 5.00. The molecule has 17 heavy (non-hydrogen) atoms. The van der Waals surface area contributed by atoms with E-state index < -0.39 is 0 Å². The van der Waals surface area contributed by atoms with Crippen LogP contribution in [0.5, 0.6) is 0 Å². The first kappa shape index (κ1) is 12.2. The van der Waals surface area contributed by atoms with Crippen LogP contribution in [0.25, 0.3) is 10.9 Å². The average molecular weight is 230 g/mol. The summed E-state index contributed by atoms with van der Waals surface area (Å²) < 4.78 is 0. The Morgan fingerprint density at radius 1 is 1.18 bits per heavy atom. The van der Waals surface area contributed by atoms with Crippen LogP contribution in [-0.2, 0) is 12.8 Å². The molecule has 2 aromatic rings. The fourth-order valence-corrected chi connectivity index (χ4v) is 2.22. The quantitative estimate of drug-likeness (QED) is 0.835. The summed E-state index contributed by atoms with van der Waals surface area (Å²) in [5.74, 6) is 0. The van der Waals surface area contributed by atoms with Crippen LogP contribution in [0.1, 0.15) is 24.5 Å². The van der Waals surface area contributed by atoms with Crippen molar-refractivity contribution in [3.63, 3.8) is 0 Å². The summed E-state index contributed by atoms with van der Waals surface area (Å²) >= 11 is 0. The van der Waals surface area contributed by atoms with E-state index in [1.807, 2.05) is 0 Å². The minimum absolute atomic E-state index is 1.10. The highest BCUT2D eigenvalue weighted by Crippen LogP contribution is 2.21. The summed E-state index contributed by atoms with van der Waals surface area (Å²) in [5.41, 5.74) is 4.15. The molecular formula is C15H22N2. The second kappa shape index (κ2) is 5.37. The molecule has 1 aromatic carbocycles. The molecule has 2 nitrogen and oxygen atoms in total. The number of nitrogens with one attached hydrogen (secondary N) is 1. The van der Waals surface area contributed by atoms with Crippen molar-refractivity contribution < 1.29 is 0 Å². The summed E-state index contributed by atoms with van der Waals surface area (Å²) in [6.45, 7) is 3.33. The van der Waals surface area contributed by atoms with Crippen LogP contribution >= 0.6 is 0 Å². The molecule has 0 saturated carbocycles. The van der Waals surface area contributed by atoms with Crippen LogP contribution in [0, 0.1) is 0 Å². The molecule has 0 bridgehead atoms. The zero-order chi connectivity index (χ0) is 12.3. The molecule has 0 radical (unpaired) electrons. The van der Waals surface area contributed by atoms with Crippen molar-refractivity contribution in [3.05, 3.63) is 35.5 Å². The lowest BCUT2D eigenvalue weighted by Crippen LogP contribution is -2.14. The van der Waals surface area contributed by atoms with Gasteiger partial charge in [-0.1, -0.05) is 19.4 Å². The Hall–Kier alpha value is -1.28. The third-order valence-electron chi connectivity index (χ3n) is 3.20. The van der Waals surface area contributed by atoms with E-state index in [2.05, 4.69) is 55.3 Å². The summed E-state index contributed by atoms with van der Waals surface area (Å²) in [4.78, 5) is 5.59. The monoisotopic (exact) mass is 230 g/mol. The highest BCUT2D eigenvalue weighted by Gasteiger charge is 2.04. The number of hydrogen-bond donors (Lipinski definition) is 1. The molecule has 0 saturated heterocycles. The molecule has 0 atom stereocenters. The normalized spacial score (nSPS) is 11.5. The molecule has 0 fully saturated rings. The first-order chi connectivity index (χ1) is 8.20. The van der Waals surface area contributed by atoms with E-state index in [1.165, 1.54) is 34.9 Å². The zero-order valence-electron chi connectivity index (χ0n) is 11.1. The highest BCUT2D eigenvalue weighted by molar-refractivity contribution is 5.83. The van der Waals surface area contributed by atoms with E-state index in [0.29, 0.717) is 0 Å². The molecule has 1 aromatic heterocycles. The van der Waals surface area contributed by atoms with E-state index in [4.69, 9.17) is 0 Å². The van der Waals surface area contributed by atoms with E-state index in [9.17, 15) is 0 Å². The van der Waals surface area contributed by atoms with Gasteiger partial charge in [-0.15, -0.1) is 0 Å². The number of fused-ring (bicyclic) bond motifs is 1. The summed E-state index contributed by atoms with van der Waals surface area (Å²) in [5, 5.41) is 1.40. The lowest BCUT2D eigenvalue weighted by molar-refractivity contribution is 0.414. The van der Waals surface area contributed by atoms with Gasteiger partial charge in [0.25, 0.3) is 0 Å². The Morgan fingerprint density at radius 3 is 2.71 bits per heavy atom. The van der Waals surface area contributed by atoms with Crippen molar-refractivity contribution in [2.75, 3.05) is 20.6 Å². The number of hydrogen-bond acceptors (Lipinski definition) is 1. The maximum absolute atomic E-state index is 3.36. The third kappa shape index (κ3) is 2.89. The smallest absolute Gasteiger partial charge is 0.0456 e. The van der Waals surface area contributed by atoms with E-state index in [1.54, 1.807) is 0 Å². The number of benzene rings is 1. The van der Waals surface area contributed by atoms with Gasteiger partial charge in [-0.2, -0.15) is 0 Å². The predicted molar refractivity (Wildman–Crippen MR) is 74.6 cm³/mol. The van der Waals surface area contributed by atoms with E-state index in [0.717, 1.165) is 13.0 Å². The SMILES string of the molecule is CCCc1ccc2[nH]cc(CCN(C)C)c2c1. The first-order valence-corrected chi connectivity index (χ1v) is 6.44. The number of likely N-dealkylation sites (N-methyl/N-ethyl adjacent to an activating group) is 1. The number of aromatic nitrogens is 1. The van der Waals surface area contributed by atoms with Gasteiger partial charge in [-0.25, -0.2) is 0 Å². The van der Waals surface area contributed by atoms with Gasteiger partial charge in [0.05, 0.1) is 0 Å². The standard InChI is InChI=1S/C15H22N2/c1-4-5-12-6-7-15-14(10-12)13(11-16-15)8-9-17(2)3/h6-7,10-11,16H,4-5,8-9H2,1-3H3. The van der Waals surface area contributed by atoms with Gasteiger partial charge < -0.3 is 9.88 Å². The predicted octanol–water partition coefficient (Wildman–Crippen LogP) is 3.22. The lowest BCUT2D eigenvalue weighted by Gasteiger charge is -2.08. The molecule has 2 heteroatoms. The molecule has 0 aliphatic rings. The minimum Gasteiger partial charge on any atom is -0.361 e. The molecule has 92 valence electrons. The summed E-state index contributed by atoms with van der Waals surface area (Å²) in [6.07, 6.45) is 5.66. The lowest BCUT2D eigenvalue weighted by atomic mass is 10.0. The van der Waals surface area contributed by atoms with Gasteiger partial charge >= 0.3 is 0 Å². The van der Waals surface area contributed by atoms with Crippen LogP contribution in [0.4, 0.5) is 0 Å². The molecule has 1 N–H and O–H groups in total. The van der Waals surface area contributed by atoms with Crippen molar-refractivity contribution in [3.8, 4) is 0 Å². The van der Waals surface area contributed by atoms with Crippen molar-refractivity contribution in [2.24, 2.45) is 0 Å². The Kier molecular flexibility index (Phi) is 3.85. The Bertz CT molecular complexity index is 483. The molecule has 1 heterocycles. The number of aryl methyl sites for hydroxylation is 1. The molecule has 0 aliphatic carbocycles. The maximum Gasteiger partial charge on any atom is 0.0456 e. The van der Waals surface area contributed by atoms with Gasteiger partial charge in [-0.3, -0.25) is 0 Å². The number of aromatic amines is 1. The van der Waals surface area contributed by atoms with Gasteiger partial charge in [0.15, 0.2) is 0 Å². The average Bonchev–Trinajstić information content (AvgIpc) is 2.69. The van der Waals surface area contributed by atoms with Crippen LogP contribution in [0.2, 0.25) is 0 Å². The number of H-pyrrole nitrogens is 1. The maximum atomic E-state index is 3.36. The van der Waals surface area contributed by atoms with Crippen LogP contribution < -0.4 is 0 Å². The van der Waals surface area contributed by atoms with Crippen molar-refractivity contribution in [1.82, 2.24) is 9.88 Å². The van der Waals surface area contributed by atoms with Crippen LogP contribution in [0.15, 0.2) is 24.4 Å². The summed E-state index contributed by atoms with van der Waals surface area (Å²) in [6, 6.07) is 6.79. The van der Waals surface area contributed by atoms with E-state index in [-0.39, 0.29) is 0 Å². The van der Waals surface area contributed by atoms with Crippen molar-refractivity contribution in [1.29, 1.82) is 0 Å². The van der Waals surface area contributed by atoms with Crippen LogP contribution in [0.3, 0.4) is 0 Å². The molecule has 2 rings (SSSR count).